The number of nitrogens with one attached hydrogen (secondary N) is 2. The first-order valence-electron chi connectivity index (χ1n) is 8.07. The van der Waals surface area contributed by atoms with Crippen LogP contribution in [0.4, 0.5) is 5.69 Å². The topological polar surface area (TPSA) is 83.7 Å². The number of anilines is 1. The summed E-state index contributed by atoms with van der Waals surface area (Å²) in [5, 5.41) is 6.65. The van der Waals surface area contributed by atoms with Gasteiger partial charge < -0.3 is 9.73 Å². The van der Waals surface area contributed by atoms with E-state index in [4.69, 9.17) is 4.42 Å². The smallest absolute Gasteiger partial charge is 0.291 e. The number of amides is 2. The molecular formula is C20H16BrN3O3. The Bertz CT molecular complexity index is 980. The van der Waals surface area contributed by atoms with Gasteiger partial charge in [-0.2, -0.15) is 5.10 Å². The van der Waals surface area contributed by atoms with Gasteiger partial charge in [-0.05, 0) is 42.8 Å². The molecule has 0 atom stereocenters. The summed E-state index contributed by atoms with van der Waals surface area (Å²) >= 11 is 3.33. The molecule has 0 aliphatic heterocycles. The van der Waals surface area contributed by atoms with Crippen LogP contribution in [0.5, 0.6) is 0 Å². The summed E-state index contributed by atoms with van der Waals surface area (Å²) in [4.78, 5) is 24.7. The first kappa shape index (κ1) is 18.6. The molecule has 0 aliphatic carbocycles. The van der Waals surface area contributed by atoms with Crippen LogP contribution in [0, 0.1) is 6.92 Å². The van der Waals surface area contributed by atoms with Gasteiger partial charge in [-0.1, -0.05) is 45.8 Å². The molecule has 6 nitrogen and oxygen atoms in total. The van der Waals surface area contributed by atoms with E-state index in [1.165, 1.54) is 6.26 Å². The Morgan fingerprint density at radius 1 is 1.07 bits per heavy atom. The maximum Gasteiger partial charge on any atom is 0.291 e. The van der Waals surface area contributed by atoms with Gasteiger partial charge in [0.25, 0.3) is 11.8 Å². The predicted octanol–water partition coefficient (Wildman–Crippen LogP) is 4.37. The highest BCUT2D eigenvalue weighted by Gasteiger charge is 2.16. The number of halogens is 1. The predicted molar refractivity (Wildman–Crippen MR) is 107 cm³/mol. The average molecular weight is 426 g/mol. The van der Waals surface area contributed by atoms with E-state index < -0.39 is 11.8 Å². The zero-order valence-electron chi connectivity index (χ0n) is 14.4. The number of nitrogens with zero attached hydrogens (tertiary/aromatic N) is 1. The quantitative estimate of drug-likeness (QED) is 0.470. The molecule has 2 N–H and O–H groups in total. The number of rotatable bonds is 5. The summed E-state index contributed by atoms with van der Waals surface area (Å²) in [6, 6.07) is 15.8. The number of benzene rings is 2. The van der Waals surface area contributed by atoms with E-state index in [0.717, 1.165) is 11.1 Å². The van der Waals surface area contributed by atoms with E-state index in [1.54, 1.807) is 36.5 Å². The monoisotopic (exact) mass is 425 g/mol. The number of carbonyl (C=O) groups excluding carboxylic acids is 2. The van der Waals surface area contributed by atoms with Crippen molar-refractivity contribution in [1.82, 2.24) is 5.43 Å². The Labute approximate surface area is 164 Å². The zero-order chi connectivity index (χ0) is 19.2. The molecular weight excluding hydrogens is 410 g/mol. The molecule has 0 unspecified atom stereocenters. The van der Waals surface area contributed by atoms with Crippen LogP contribution in [0.25, 0.3) is 0 Å². The van der Waals surface area contributed by atoms with Crippen molar-refractivity contribution >= 4 is 39.6 Å². The van der Waals surface area contributed by atoms with E-state index in [9.17, 15) is 9.59 Å². The van der Waals surface area contributed by atoms with Gasteiger partial charge in [0.1, 0.15) is 0 Å². The second-order valence-corrected chi connectivity index (χ2v) is 6.65. The number of hydrazone groups is 1. The normalized spacial score (nSPS) is 10.7. The number of furan rings is 1. The molecule has 0 saturated carbocycles. The number of carbonyl (C=O) groups is 2. The molecule has 2 aromatic carbocycles. The Hall–Kier alpha value is -3.19. The summed E-state index contributed by atoms with van der Waals surface area (Å²) in [5.74, 6) is -0.740. The van der Waals surface area contributed by atoms with E-state index in [2.05, 4.69) is 31.8 Å². The Balaban J connectivity index is 1.74. The first-order valence-corrected chi connectivity index (χ1v) is 8.87. The van der Waals surface area contributed by atoms with Crippen molar-refractivity contribution in [2.45, 2.75) is 6.92 Å². The third-order valence-corrected chi connectivity index (χ3v) is 4.17. The van der Waals surface area contributed by atoms with Gasteiger partial charge in [-0.25, -0.2) is 5.43 Å². The lowest BCUT2D eigenvalue weighted by Crippen LogP contribution is -2.21. The van der Waals surface area contributed by atoms with Crippen molar-refractivity contribution in [1.29, 1.82) is 0 Å². The van der Waals surface area contributed by atoms with Gasteiger partial charge in [0.2, 0.25) is 0 Å². The van der Waals surface area contributed by atoms with Crippen LogP contribution in [0.15, 0.2) is 74.9 Å². The van der Waals surface area contributed by atoms with Crippen LogP contribution >= 0.6 is 15.9 Å². The maximum absolute atomic E-state index is 12.5. The number of hydrogen-bond acceptors (Lipinski definition) is 4. The average Bonchev–Trinajstić information content (AvgIpc) is 3.19. The van der Waals surface area contributed by atoms with E-state index in [-0.39, 0.29) is 11.3 Å². The minimum Gasteiger partial charge on any atom is -0.459 e. The molecule has 0 spiro atoms. The van der Waals surface area contributed by atoms with Gasteiger partial charge >= 0.3 is 0 Å². The molecule has 3 aromatic rings. The van der Waals surface area contributed by atoms with Crippen LogP contribution in [0.1, 0.15) is 32.0 Å². The zero-order valence-corrected chi connectivity index (χ0v) is 16.0. The van der Waals surface area contributed by atoms with E-state index in [1.807, 2.05) is 31.2 Å². The van der Waals surface area contributed by atoms with Crippen LogP contribution in [-0.4, -0.2) is 18.0 Å². The summed E-state index contributed by atoms with van der Waals surface area (Å²) < 4.78 is 5.77. The van der Waals surface area contributed by atoms with Gasteiger partial charge in [-0.15, -0.1) is 0 Å². The summed E-state index contributed by atoms with van der Waals surface area (Å²) in [6.45, 7) is 1.99. The van der Waals surface area contributed by atoms with Crippen molar-refractivity contribution in [3.8, 4) is 0 Å². The van der Waals surface area contributed by atoms with Gasteiger partial charge in [0, 0.05) is 4.47 Å². The SMILES string of the molecule is Cc1ccc(C=NNC(=O)c2cc(Br)ccc2NC(=O)c2ccco2)cc1. The second kappa shape index (κ2) is 8.46. The molecule has 2 amide bonds. The van der Waals surface area contributed by atoms with Crippen molar-refractivity contribution in [3.63, 3.8) is 0 Å². The molecule has 3 rings (SSSR count). The van der Waals surface area contributed by atoms with Crippen molar-refractivity contribution < 1.29 is 14.0 Å². The first-order chi connectivity index (χ1) is 13.0. The van der Waals surface area contributed by atoms with Crippen LogP contribution in [0.2, 0.25) is 0 Å². The minimum atomic E-state index is -0.450. The van der Waals surface area contributed by atoms with Crippen LogP contribution in [-0.2, 0) is 0 Å². The third-order valence-electron chi connectivity index (χ3n) is 3.68. The van der Waals surface area contributed by atoms with Crippen LogP contribution in [0.3, 0.4) is 0 Å². The lowest BCUT2D eigenvalue weighted by Gasteiger charge is -2.09. The van der Waals surface area contributed by atoms with Crippen molar-refractivity contribution in [2.24, 2.45) is 5.10 Å². The highest BCUT2D eigenvalue weighted by molar-refractivity contribution is 9.10. The van der Waals surface area contributed by atoms with E-state index >= 15 is 0 Å². The molecule has 0 saturated heterocycles. The molecule has 7 heteroatoms. The van der Waals surface area contributed by atoms with Crippen LogP contribution < -0.4 is 10.7 Å². The molecule has 0 aliphatic rings. The van der Waals surface area contributed by atoms with Crippen molar-refractivity contribution in [2.75, 3.05) is 5.32 Å². The number of hydrogen-bond donors (Lipinski definition) is 2. The highest BCUT2D eigenvalue weighted by Crippen LogP contribution is 2.22. The minimum absolute atomic E-state index is 0.154. The fraction of sp³-hybridized carbons (Fsp3) is 0.0500. The highest BCUT2D eigenvalue weighted by atomic mass is 79.9. The Kier molecular flexibility index (Phi) is 5.83. The molecule has 0 fully saturated rings. The van der Waals surface area contributed by atoms with Gasteiger partial charge in [0.15, 0.2) is 5.76 Å². The van der Waals surface area contributed by atoms with Gasteiger partial charge in [-0.3, -0.25) is 9.59 Å². The summed E-state index contributed by atoms with van der Waals surface area (Å²) in [5.41, 5.74) is 5.09. The summed E-state index contributed by atoms with van der Waals surface area (Å²) in [6.07, 6.45) is 2.96. The maximum atomic E-state index is 12.5. The van der Waals surface area contributed by atoms with E-state index in [0.29, 0.717) is 10.2 Å². The Morgan fingerprint density at radius 3 is 2.56 bits per heavy atom. The number of aryl methyl sites for hydroxylation is 1. The lowest BCUT2D eigenvalue weighted by atomic mass is 10.1. The standard InChI is InChI=1S/C20H16BrN3O3/c1-13-4-6-14(7-5-13)12-22-24-19(25)16-11-15(21)8-9-17(16)23-20(26)18-3-2-10-27-18/h2-12H,1H3,(H,23,26)(H,24,25). The lowest BCUT2D eigenvalue weighted by molar-refractivity contribution is 0.0956. The molecule has 27 heavy (non-hydrogen) atoms. The Morgan fingerprint density at radius 2 is 1.85 bits per heavy atom. The largest absolute Gasteiger partial charge is 0.459 e. The molecule has 0 radical (unpaired) electrons. The molecule has 1 heterocycles. The molecule has 0 bridgehead atoms. The summed E-state index contributed by atoms with van der Waals surface area (Å²) in [7, 11) is 0. The third kappa shape index (κ3) is 4.92. The molecule has 136 valence electrons. The fourth-order valence-corrected chi connectivity index (χ4v) is 2.64. The fourth-order valence-electron chi connectivity index (χ4n) is 2.28. The van der Waals surface area contributed by atoms with Gasteiger partial charge in [0.05, 0.1) is 23.7 Å². The molecule has 1 aromatic heterocycles. The second-order valence-electron chi connectivity index (χ2n) is 5.73. The van der Waals surface area contributed by atoms with Crippen molar-refractivity contribution in [3.05, 3.63) is 87.8 Å².